The van der Waals surface area contributed by atoms with E-state index in [9.17, 15) is 9.90 Å². The summed E-state index contributed by atoms with van der Waals surface area (Å²) in [7, 11) is 0. The number of carbonyl (C=O) groups is 1. The number of aliphatic carboxylic acids is 1. The molecule has 1 heterocycles. The van der Waals surface area contributed by atoms with Gasteiger partial charge in [-0.05, 0) is 32.4 Å². The molecule has 0 aromatic carbocycles. The van der Waals surface area contributed by atoms with Gasteiger partial charge < -0.3 is 9.84 Å². The zero-order valence-electron chi connectivity index (χ0n) is 10.4. The van der Waals surface area contributed by atoms with Gasteiger partial charge in [0.15, 0.2) is 0 Å². The van der Waals surface area contributed by atoms with E-state index >= 15 is 0 Å². The Bertz CT molecular complexity index is 224. The molecule has 0 atom stereocenters. The van der Waals surface area contributed by atoms with Gasteiger partial charge in [0.1, 0.15) is 5.54 Å². The van der Waals surface area contributed by atoms with Crippen LogP contribution in [0.4, 0.5) is 0 Å². The van der Waals surface area contributed by atoms with Crippen molar-refractivity contribution >= 4 is 5.97 Å². The monoisotopic (exact) mass is 229 g/mol. The standard InChI is InChI=1S/C12H23NO3/c1-3-5-8-13(4-2)12(11(14)15)6-9-16-10-7-12/h3-10H2,1-2H3,(H,14,15). The summed E-state index contributed by atoms with van der Waals surface area (Å²) >= 11 is 0. The average molecular weight is 229 g/mol. The van der Waals surface area contributed by atoms with Crippen molar-refractivity contribution in [1.29, 1.82) is 0 Å². The van der Waals surface area contributed by atoms with Gasteiger partial charge in [-0.25, -0.2) is 0 Å². The SMILES string of the molecule is CCCCN(CC)C1(C(=O)O)CCOCC1. The Morgan fingerprint density at radius 1 is 1.38 bits per heavy atom. The first-order valence-corrected chi connectivity index (χ1v) is 6.23. The second kappa shape index (κ2) is 6.21. The van der Waals surface area contributed by atoms with E-state index in [1.165, 1.54) is 0 Å². The van der Waals surface area contributed by atoms with Crippen LogP contribution in [0.3, 0.4) is 0 Å². The number of rotatable bonds is 6. The first-order chi connectivity index (χ1) is 7.67. The molecule has 0 unspecified atom stereocenters. The van der Waals surface area contributed by atoms with Crippen LogP contribution >= 0.6 is 0 Å². The third-order valence-electron chi connectivity index (χ3n) is 3.49. The predicted octanol–water partition coefficient (Wildman–Crippen LogP) is 1.74. The number of likely N-dealkylation sites (N-methyl/N-ethyl adjacent to an activating group) is 1. The van der Waals surface area contributed by atoms with Crippen molar-refractivity contribution < 1.29 is 14.6 Å². The highest BCUT2D eigenvalue weighted by atomic mass is 16.5. The lowest BCUT2D eigenvalue weighted by molar-refractivity contribution is -0.158. The van der Waals surface area contributed by atoms with Crippen LogP contribution in [-0.4, -0.2) is 47.8 Å². The number of ether oxygens (including phenoxy) is 1. The molecule has 0 amide bonds. The van der Waals surface area contributed by atoms with Crippen LogP contribution in [0.1, 0.15) is 39.5 Å². The summed E-state index contributed by atoms with van der Waals surface area (Å²) in [6.07, 6.45) is 3.38. The Morgan fingerprint density at radius 3 is 2.44 bits per heavy atom. The maximum absolute atomic E-state index is 11.5. The average Bonchev–Trinajstić information content (AvgIpc) is 2.31. The Balaban J connectivity index is 2.76. The maximum atomic E-state index is 11.5. The van der Waals surface area contributed by atoms with Crippen molar-refractivity contribution in [3.63, 3.8) is 0 Å². The highest BCUT2D eigenvalue weighted by molar-refractivity contribution is 5.79. The molecule has 1 N–H and O–H groups in total. The summed E-state index contributed by atoms with van der Waals surface area (Å²) in [5.41, 5.74) is -0.678. The summed E-state index contributed by atoms with van der Waals surface area (Å²) in [4.78, 5) is 13.7. The van der Waals surface area contributed by atoms with Gasteiger partial charge in [-0.2, -0.15) is 0 Å². The minimum absolute atomic E-state index is 0.564. The molecule has 0 aromatic heterocycles. The zero-order valence-corrected chi connectivity index (χ0v) is 10.4. The molecule has 0 radical (unpaired) electrons. The summed E-state index contributed by atoms with van der Waals surface area (Å²) in [6, 6.07) is 0. The summed E-state index contributed by atoms with van der Waals surface area (Å²) in [5, 5.41) is 9.49. The predicted molar refractivity (Wildman–Crippen MR) is 62.6 cm³/mol. The Morgan fingerprint density at radius 2 is 2.00 bits per heavy atom. The van der Waals surface area contributed by atoms with E-state index in [2.05, 4.69) is 11.8 Å². The van der Waals surface area contributed by atoms with E-state index in [-0.39, 0.29) is 0 Å². The highest BCUT2D eigenvalue weighted by Crippen LogP contribution is 2.28. The van der Waals surface area contributed by atoms with Crippen LogP contribution < -0.4 is 0 Å². The third-order valence-corrected chi connectivity index (χ3v) is 3.49. The van der Waals surface area contributed by atoms with Gasteiger partial charge in [0, 0.05) is 13.2 Å². The van der Waals surface area contributed by atoms with Crippen LogP contribution in [0.25, 0.3) is 0 Å². The van der Waals surface area contributed by atoms with Gasteiger partial charge in [-0.3, -0.25) is 9.69 Å². The highest BCUT2D eigenvalue weighted by Gasteiger charge is 2.44. The van der Waals surface area contributed by atoms with E-state index < -0.39 is 11.5 Å². The van der Waals surface area contributed by atoms with Crippen molar-refractivity contribution in [2.45, 2.75) is 45.1 Å². The molecule has 4 heteroatoms. The quantitative estimate of drug-likeness (QED) is 0.753. The third kappa shape index (κ3) is 2.74. The molecule has 0 aromatic rings. The number of nitrogens with zero attached hydrogens (tertiary/aromatic N) is 1. The molecule has 1 rings (SSSR count). The van der Waals surface area contributed by atoms with Crippen molar-refractivity contribution in [3.8, 4) is 0 Å². The normalized spacial score (nSPS) is 19.9. The fourth-order valence-corrected chi connectivity index (χ4v) is 2.40. The zero-order chi connectivity index (χ0) is 12.0. The molecule has 0 spiro atoms. The smallest absolute Gasteiger partial charge is 0.324 e. The van der Waals surface area contributed by atoms with Crippen molar-refractivity contribution in [1.82, 2.24) is 4.90 Å². The fourth-order valence-electron chi connectivity index (χ4n) is 2.40. The van der Waals surface area contributed by atoms with Gasteiger partial charge >= 0.3 is 5.97 Å². The minimum Gasteiger partial charge on any atom is -0.480 e. The van der Waals surface area contributed by atoms with Crippen LogP contribution in [-0.2, 0) is 9.53 Å². The lowest BCUT2D eigenvalue weighted by atomic mass is 9.87. The van der Waals surface area contributed by atoms with Gasteiger partial charge in [0.2, 0.25) is 0 Å². The van der Waals surface area contributed by atoms with Crippen LogP contribution in [0.15, 0.2) is 0 Å². The Hall–Kier alpha value is -0.610. The topological polar surface area (TPSA) is 49.8 Å². The van der Waals surface area contributed by atoms with Gasteiger partial charge in [0.05, 0.1) is 0 Å². The maximum Gasteiger partial charge on any atom is 0.324 e. The summed E-state index contributed by atoms with van der Waals surface area (Å²) in [6.45, 7) is 6.97. The summed E-state index contributed by atoms with van der Waals surface area (Å²) < 4.78 is 5.28. The molecule has 0 bridgehead atoms. The first kappa shape index (κ1) is 13.5. The molecule has 0 saturated carbocycles. The Kier molecular flexibility index (Phi) is 5.22. The number of hydrogen-bond acceptors (Lipinski definition) is 3. The number of carboxylic acid groups (broad SMARTS) is 1. The molecule has 16 heavy (non-hydrogen) atoms. The van der Waals surface area contributed by atoms with E-state index in [4.69, 9.17) is 4.74 Å². The van der Waals surface area contributed by atoms with Crippen LogP contribution in [0, 0.1) is 0 Å². The molecule has 1 saturated heterocycles. The second-order valence-electron chi connectivity index (χ2n) is 4.38. The van der Waals surface area contributed by atoms with Gasteiger partial charge in [-0.1, -0.05) is 20.3 Å². The van der Waals surface area contributed by atoms with E-state index in [1.54, 1.807) is 0 Å². The first-order valence-electron chi connectivity index (χ1n) is 6.23. The van der Waals surface area contributed by atoms with Crippen molar-refractivity contribution in [2.24, 2.45) is 0 Å². The van der Waals surface area contributed by atoms with E-state index in [0.717, 1.165) is 25.9 Å². The second-order valence-corrected chi connectivity index (χ2v) is 4.38. The number of unbranched alkanes of at least 4 members (excludes halogenated alkanes) is 1. The molecule has 1 aliphatic rings. The van der Waals surface area contributed by atoms with Crippen molar-refractivity contribution in [3.05, 3.63) is 0 Å². The molecule has 0 aliphatic carbocycles. The largest absolute Gasteiger partial charge is 0.480 e. The molecule has 94 valence electrons. The van der Waals surface area contributed by atoms with Crippen LogP contribution in [0.5, 0.6) is 0 Å². The fraction of sp³-hybridized carbons (Fsp3) is 0.917. The van der Waals surface area contributed by atoms with E-state index in [1.807, 2.05) is 6.92 Å². The van der Waals surface area contributed by atoms with Gasteiger partial charge in [-0.15, -0.1) is 0 Å². The lowest BCUT2D eigenvalue weighted by Gasteiger charge is -2.42. The summed E-state index contributed by atoms with van der Waals surface area (Å²) in [5.74, 6) is -0.686. The number of carboxylic acids is 1. The van der Waals surface area contributed by atoms with Crippen molar-refractivity contribution in [2.75, 3.05) is 26.3 Å². The molecule has 1 fully saturated rings. The number of hydrogen-bond donors (Lipinski definition) is 1. The Labute approximate surface area is 97.6 Å². The minimum atomic E-state index is -0.686. The van der Waals surface area contributed by atoms with E-state index in [0.29, 0.717) is 26.1 Å². The molecule has 1 aliphatic heterocycles. The molecular weight excluding hydrogens is 206 g/mol. The van der Waals surface area contributed by atoms with Gasteiger partial charge in [0.25, 0.3) is 0 Å². The molecule has 4 nitrogen and oxygen atoms in total. The lowest BCUT2D eigenvalue weighted by Crippen LogP contribution is -2.57. The molecular formula is C12H23NO3. The van der Waals surface area contributed by atoms with Crippen LogP contribution in [0.2, 0.25) is 0 Å².